The van der Waals surface area contributed by atoms with Gasteiger partial charge in [0.1, 0.15) is 5.69 Å². The van der Waals surface area contributed by atoms with Crippen LogP contribution in [0.25, 0.3) is 11.4 Å². The highest BCUT2D eigenvalue weighted by atomic mass is 35.5. The summed E-state index contributed by atoms with van der Waals surface area (Å²) >= 11 is 11.6. The fourth-order valence-corrected chi connectivity index (χ4v) is 1.45. The Hall–Kier alpha value is -1.13. The van der Waals surface area contributed by atoms with E-state index >= 15 is 0 Å². The third kappa shape index (κ3) is 1.58. The van der Waals surface area contributed by atoms with Crippen LogP contribution in [0.15, 0.2) is 18.5 Å². The minimum atomic E-state index is 0.172. The number of aryl methyl sites for hydroxylation is 1. The molecule has 0 amide bonds. The SMILES string of the molecule is Cn1nccc1-c1nc(Cl)ncc1Cl. The number of nitrogens with zero attached hydrogens (tertiary/aromatic N) is 4. The molecule has 4 nitrogen and oxygen atoms in total. The van der Waals surface area contributed by atoms with Crippen LogP contribution in [0, 0.1) is 0 Å². The molecule has 2 aromatic rings. The second kappa shape index (κ2) is 3.55. The van der Waals surface area contributed by atoms with E-state index in [1.165, 1.54) is 6.20 Å². The summed E-state index contributed by atoms with van der Waals surface area (Å²) in [6.45, 7) is 0. The molecule has 0 fully saturated rings. The van der Waals surface area contributed by atoms with E-state index in [4.69, 9.17) is 23.2 Å². The highest BCUT2D eigenvalue weighted by Gasteiger charge is 2.09. The highest BCUT2D eigenvalue weighted by Crippen LogP contribution is 2.25. The average Bonchev–Trinajstić information content (AvgIpc) is 2.56. The van der Waals surface area contributed by atoms with Gasteiger partial charge in [0.25, 0.3) is 0 Å². The Morgan fingerprint density at radius 2 is 2.14 bits per heavy atom. The molecule has 2 heterocycles. The monoisotopic (exact) mass is 228 g/mol. The van der Waals surface area contributed by atoms with Gasteiger partial charge in [-0.3, -0.25) is 4.68 Å². The molecule has 0 saturated heterocycles. The Morgan fingerprint density at radius 3 is 2.79 bits per heavy atom. The van der Waals surface area contributed by atoms with E-state index in [0.717, 1.165) is 5.69 Å². The Kier molecular flexibility index (Phi) is 2.39. The van der Waals surface area contributed by atoms with Gasteiger partial charge in [-0.05, 0) is 17.7 Å². The molecule has 0 N–H and O–H groups in total. The van der Waals surface area contributed by atoms with Crippen molar-refractivity contribution in [1.29, 1.82) is 0 Å². The molecule has 0 aliphatic heterocycles. The second-order valence-corrected chi connectivity index (χ2v) is 3.42. The van der Waals surface area contributed by atoms with Crippen LogP contribution in [-0.2, 0) is 7.05 Å². The first-order valence-corrected chi connectivity index (χ1v) is 4.60. The van der Waals surface area contributed by atoms with Gasteiger partial charge >= 0.3 is 0 Å². The van der Waals surface area contributed by atoms with Crippen LogP contribution in [-0.4, -0.2) is 19.7 Å². The van der Waals surface area contributed by atoms with E-state index in [1.807, 2.05) is 13.1 Å². The molecule has 0 spiro atoms. The summed E-state index contributed by atoms with van der Waals surface area (Å²) in [6.07, 6.45) is 3.14. The van der Waals surface area contributed by atoms with Crippen molar-refractivity contribution in [2.45, 2.75) is 0 Å². The molecular formula is C8H6Cl2N4. The zero-order chi connectivity index (χ0) is 10.1. The maximum Gasteiger partial charge on any atom is 0.223 e. The zero-order valence-corrected chi connectivity index (χ0v) is 8.79. The number of rotatable bonds is 1. The lowest BCUT2D eigenvalue weighted by atomic mass is 10.3. The number of hydrogen-bond acceptors (Lipinski definition) is 3. The van der Waals surface area contributed by atoms with Crippen LogP contribution >= 0.6 is 23.2 Å². The number of halogens is 2. The van der Waals surface area contributed by atoms with Crippen LogP contribution in [0.1, 0.15) is 0 Å². The Bertz CT molecular complexity index is 466. The molecule has 0 radical (unpaired) electrons. The fourth-order valence-electron chi connectivity index (χ4n) is 1.13. The van der Waals surface area contributed by atoms with E-state index in [9.17, 15) is 0 Å². The molecule has 6 heteroatoms. The van der Waals surface area contributed by atoms with Crippen molar-refractivity contribution >= 4 is 23.2 Å². The summed E-state index contributed by atoms with van der Waals surface area (Å²) in [4.78, 5) is 7.81. The molecular weight excluding hydrogens is 223 g/mol. The predicted octanol–water partition coefficient (Wildman–Crippen LogP) is 2.18. The van der Waals surface area contributed by atoms with Gasteiger partial charge in [-0.2, -0.15) is 5.10 Å². The standard InChI is InChI=1S/C8H6Cl2N4/c1-14-6(2-3-12-14)7-5(9)4-11-8(10)13-7/h2-4H,1H3. The van der Waals surface area contributed by atoms with Gasteiger partial charge < -0.3 is 0 Å². The van der Waals surface area contributed by atoms with Gasteiger partial charge in [0.05, 0.1) is 16.9 Å². The van der Waals surface area contributed by atoms with Crippen molar-refractivity contribution in [2.75, 3.05) is 0 Å². The summed E-state index contributed by atoms with van der Waals surface area (Å²) in [5.41, 5.74) is 1.39. The summed E-state index contributed by atoms with van der Waals surface area (Å²) < 4.78 is 1.67. The largest absolute Gasteiger partial charge is 0.266 e. The summed E-state index contributed by atoms with van der Waals surface area (Å²) in [6, 6.07) is 1.81. The smallest absolute Gasteiger partial charge is 0.223 e. The van der Waals surface area contributed by atoms with Gasteiger partial charge in [-0.15, -0.1) is 0 Å². The van der Waals surface area contributed by atoms with E-state index in [2.05, 4.69) is 15.1 Å². The molecule has 2 rings (SSSR count). The van der Waals surface area contributed by atoms with E-state index < -0.39 is 0 Å². The van der Waals surface area contributed by atoms with Gasteiger partial charge in [0, 0.05) is 13.2 Å². The number of hydrogen-bond donors (Lipinski definition) is 0. The minimum Gasteiger partial charge on any atom is -0.266 e. The maximum absolute atomic E-state index is 5.93. The molecule has 0 saturated carbocycles. The lowest BCUT2D eigenvalue weighted by Gasteiger charge is -2.02. The summed E-state index contributed by atoms with van der Waals surface area (Å²) in [7, 11) is 1.81. The fraction of sp³-hybridized carbons (Fsp3) is 0.125. The Labute approximate surface area is 90.5 Å². The van der Waals surface area contributed by atoms with Crippen molar-refractivity contribution < 1.29 is 0 Å². The molecule has 2 aromatic heterocycles. The summed E-state index contributed by atoms with van der Waals surface area (Å²) in [5.74, 6) is 0. The zero-order valence-electron chi connectivity index (χ0n) is 7.28. The highest BCUT2D eigenvalue weighted by molar-refractivity contribution is 6.33. The Morgan fingerprint density at radius 1 is 1.36 bits per heavy atom. The Balaban J connectivity index is 2.62. The lowest BCUT2D eigenvalue weighted by Crippen LogP contribution is -1.96. The van der Waals surface area contributed by atoms with Crippen LogP contribution in [0.3, 0.4) is 0 Å². The van der Waals surface area contributed by atoms with Gasteiger partial charge in [0.15, 0.2) is 0 Å². The van der Waals surface area contributed by atoms with Crippen molar-refractivity contribution in [2.24, 2.45) is 7.05 Å². The normalized spacial score (nSPS) is 10.5. The third-order valence-corrected chi connectivity index (χ3v) is 2.24. The molecule has 0 aliphatic rings. The molecule has 0 aromatic carbocycles. The molecule has 72 valence electrons. The van der Waals surface area contributed by atoms with Crippen molar-refractivity contribution in [3.05, 3.63) is 28.8 Å². The van der Waals surface area contributed by atoms with Crippen LogP contribution < -0.4 is 0 Å². The maximum atomic E-state index is 5.93. The van der Waals surface area contributed by atoms with E-state index in [0.29, 0.717) is 10.7 Å². The van der Waals surface area contributed by atoms with Crippen molar-refractivity contribution in [3.63, 3.8) is 0 Å². The quantitative estimate of drug-likeness (QED) is 0.704. The molecule has 0 bridgehead atoms. The number of aromatic nitrogens is 4. The van der Waals surface area contributed by atoms with Gasteiger partial charge in [0.2, 0.25) is 5.28 Å². The minimum absolute atomic E-state index is 0.172. The molecule has 14 heavy (non-hydrogen) atoms. The van der Waals surface area contributed by atoms with Crippen LogP contribution in [0.5, 0.6) is 0 Å². The first-order chi connectivity index (χ1) is 6.68. The topological polar surface area (TPSA) is 43.6 Å². The average molecular weight is 229 g/mol. The summed E-state index contributed by atoms with van der Waals surface area (Å²) in [5, 5.41) is 4.65. The van der Waals surface area contributed by atoms with Crippen molar-refractivity contribution in [1.82, 2.24) is 19.7 Å². The van der Waals surface area contributed by atoms with Gasteiger partial charge in [-0.25, -0.2) is 9.97 Å². The molecule has 0 atom stereocenters. The van der Waals surface area contributed by atoms with Crippen LogP contribution in [0.2, 0.25) is 10.3 Å². The van der Waals surface area contributed by atoms with E-state index in [1.54, 1.807) is 10.9 Å². The lowest BCUT2D eigenvalue weighted by molar-refractivity contribution is 0.773. The first-order valence-electron chi connectivity index (χ1n) is 3.85. The van der Waals surface area contributed by atoms with Crippen LogP contribution in [0.4, 0.5) is 0 Å². The van der Waals surface area contributed by atoms with E-state index in [-0.39, 0.29) is 5.28 Å². The van der Waals surface area contributed by atoms with Crippen molar-refractivity contribution in [3.8, 4) is 11.4 Å². The first kappa shape index (κ1) is 9.43. The predicted molar refractivity (Wildman–Crippen MR) is 54.3 cm³/mol. The molecule has 0 unspecified atom stereocenters. The van der Waals surface area contributed by atoms with Gasteiger partial charge in [-0.1, -0.05) is 11.6 Å². The third-order valence-electron chi connectivity index (χ3n) is 1.78. The second-order valence-electron chi connectivity index (χ2n) is 2.68. The molecule has 0 aliphatic carbocycles.